The lowest BCUT2D eigenvalue weighted by atomic mass is 9.99. The lowest BCUT2D eigenvalue weighted by Gasteiger charge is -2.22. The number of carbonyl (C=O) groups excluding carboxylic acids is 1. The smallest absolute Gasteiger partial charge is 0.133 e. The number of ketones is 1. The first-order chi connectivity index (χ1) is 7.02. The Labute approximate surface area is 93.1 Å². The number of carbonyl (C=O) groups is 1. The van der Waals surface area contributed by atoms with Crippen LogP contribution in [0.2, 0.25) is 0 Å². The fourth-order valence-corrected chi connectivity index (χ4v) is 1.18. The summed E-state index contributed by atoms with van der Waals surface area (Å²) in [5.41, 5.74) is -0.185. The predicted molar refractivity (Wildman–Crippen MR) is 61.1 cm³/mol. The summed E-state index contributed by atoms with van der Waals surface area (Å²) >= 11 is 0. The SMILES string of the molecule is CCOCCCC(=O)CCC(C)(C)OC. The molecule has 3 heteroatoms. The second-order valence-electron chi connectivity index (χ2n) is 4.30. The van der Waals surface area contributed by atoms with Gasteiger partial charge in [-0.15, -0.1) is 0 Å². The maximum absolute atomic E-state index is 11.5. The molecule has 3 nitrogen and oxygen atoms in total. The summed E-state index contributed by atoms with van der Waals surface area (Å²) < 4.78 is 10.4. The van der Waals surface area contributed by atoms with Crippen molar-refractivity contribution in [1.82, 2.24) is 0 Å². The second-order valence-corrected chi connectivity index (χ2v) is 4.30. The Kier molecular flexibility index (Phi) is 7.61. The molecule has 0 aliphatic heterocycles. The number of methoxy groups -OCH3 is 1. The molecule has 90 valence electrons. The summed E-state index contributed by atoms with van der Waals surface area (Å²) in [5, 5.41) is 0. The van der Waals surface area contributed by atoms with Gasteiger partial charge < -0.3 is 9.47 Å². The van der Waals surface area contributed by atoms with Crippen molar-refractivity contribution in [3.05, 3.63) is 0 Å². The van der Waals surface area contributed by atoms with Crippen molar-refractivity contribution in [3.63, 3.8) is 0 Å². The second kappa shape index (κ2) is 7.83. The van der Waals surface area contributed by atoms with Crippen LogP contribution in [0.3, 0.4) is 0 Å². The molecule has 0 rings (SSSR count). The van der Waals surface area contributed by atoms with Crippen molar-refractivity contribution in [1.29, 1.82) is 0 Å². The molecule has 15 heavy (non-hydrogen) atoms. The molecular formula is C12H24O3. The average Bonchev–Trinajstić information content (AvgIpc) is 2.22. The van der Waals surface area contributed by atoms with Crippen molar-refractivity contribution < 1.29 is 14.3 Å². The van der Waals surface area contributed by atoms with E-state index in [1.54, 1.807) is 7.11 Å². The molecular weight excluding hydrogens is 192 g/mol. The van der Waals surface area contributed by atoms with E-state index in [9.17, 15) is 4.79 Å². The van der Waals surface area contributed by atoms with Crippen LogP contribution < -0.4 is 0 Å². The summed E-state index contributed by atoms with van der Waals surface area (Å²) in [4.78, 5) is 11.5. The lowest BCUT2D eigenvalue weighted by molar-refractivity contribution is -0.120. The minimum Gasteiger partial charge on any atom is -0.382 e. The van der Waals surface area contributed by atoms with Crippen molar-refractivity contribution >= 4 is 5.78 Å². The van der Waals surface area contributed by atoms with Gasteiger partial charge in [0.2, 0.25) is 0 Å². The van der Waals surface area contributed by atoms with Crippen LogP contribution in [0.4, 0.5) is 0 Å². The largest absolute Gasteiger partial charge is 0.382 e. The highest BCUT2D eigenvalue weighted by atomic mass is 16.5. The quantitative estimate of drug-likeness (QED) is 0.556. The number of rotatable bonds is 9. The minimum absolute atomic E-state index is 0.185. The Balaban J connectivity index is 3.49. The van der Waals surface area contributed by atoms with E-state index in [-0.39, 0.29) is 5.60 Å². The topological polar surface area (TPSA) is 35.5 Å². The maximum atomic E-state index is 11.5. The summed E-state index contributed by atoms with van der Waals surface area (Å²) in [6, 6.07) is 0. The Morgan fingerprint density at radius 1 is 1.27 bits per heavy atom. The standard InChI is InChI=1S/C12H24O3/c1-5-15-10-6-7-11(13)8-9-12(2,3)14-4/h5-10H2,1-4H3. The highest BCUT2D eigenvalue weighted by Crippen LogP contribution is 2.16. The number of hydrogen-bond acceptors (Lipinski definition) is 3. The molecule has 0 N–H and O–H groups in total. The van der Waals surface area contributed by atoms with Crippen LogP contribution in [0.15, 0.2) is 0 Å². The van der Waals surface area contributed by atoms with Gasteiger partial charge in [0.1, 0.15) is 5.78 Å². The van der Waals surface area contributed by atoms with Gasteiger partial charge in [0, 0.05) is 33.2 Å². The zero-order valence-electron chi connectivity index (χ0n) is 10.5. The molecule has 0 radical (unpaired) electrons. The van der Waals surface area contributed by atoms with Crippen LogP contribution in [-0.2, 0) is 14.3 Å². The van der Waals surface area contributed by atoms with Gasteiger partial charge in [0.15, 0.2) is 0 Å². The van der Waals surface area contributed by atoms with E-state index in [4.69, 9.17) is 9.47 Å². The molecule has 0 aromatic heterocycles. The molecule has 0 aliphatic carbocycles. The van der Waals surface area contributed by atoms with E-state index in [0.717, 1.165) is 19.4 Å². The van der Waals surface area contributed by atoms with Crippen LogP contribution in [0.5, 0.6) is 0 Å². The molecule has 0 bridgehead atoms. The van der Waals surface area contributed by atoms with E-state index in [1.807, 2.05) is 20.8 Å². The van der Waals surface area contributed by atoms with E-state index < -0.39 is 0 Å². The highest BCUT2D eigenvalue weighted by molar-refractivity contribution is 5.78. The molecule has 0 unspecified atom stereocenters. The molecule has 0 spiro atoms. The highest BCUT2D eigenvalue weighted by Gasteiger charge is 2.17. The number of hydrogen-bond donors (Lipinski definition) is 0. The van der Waals surface area contributed by atoms with Crippen molar-refractivity contribution in [2.24, 2.45) is 0 Å². The Morgan fingerprint density at radius 2 is 1.93 bits per heavy atom. The Hall–Kier alpha value is -0.410. The fourth-order valence-electron chi connectivity index (χ4n) is 1.18. The molecule has 0 fully saturated rings. The molecule has 0 amide bonds. The van der Waals surface area contributed by atoms with Gasteiger partial charge in [0.25, 0.3) is 0 Å². The molecule has 0 heterocycles. The number of Topliss-reactive ketones (excluding diaryl/α,β-unsaturated/α-hetero) is 1. The van der Waals surface area contributed by atoms with Crippen LogP contribution in [-0.4, -0.2) is 31.7 Å². The molecule has 0 saturated carbocycles. The van der Waals surface area contributed by atoms with Gasteiger partial charge in [-0.25, -0.2) is 0 Å². The molecule has 0 aliphatic rings. The van der Waals surface area contributed by atoms with E-state index in [2.05, 4.69) is 0 Å². The Bertz CT molecular complexity index is 176. The third-order valence-corrected chi connectivity index (χ3v) is 2.51. The van der Waals surface area contributed by atoms with Gasteiger partial charge in [-0.1, -0.05) is 0 Å². The molecule has 0 atom stereocenters. The van der Waals surface area contributed by atoms with Crippen molar-refractivity contribution in [2.75, 3.05) is 20.3 Å². The van der Waals surface area contributed by atoms with E-state index in [1.165, 1.54) is 0 Å². The van der Waals surface area contributed by atoms with Gasteiger partial charge in [-0.05, 0) is 33.6 Å². The monoisotopic (exact) mass is 216 g/mol. The van der Waals surface area contributed by atoms with Crippen LogP contribution >= 0.6 is 0 Å². The summed E-state index contributed by atoms with van der Waals surface area (Å²) in [7, 11) is 1.68. The van der Waals surface area contributed by atoms with Gasteiger partial charge >= 0.3 is 0 Å². The third kappa shape index (κ3) is 8.58. The van der Waals surface area contributed by atoms with Crippen molar-refractivity contribution in [2.45, 2.75) is 52.1 Å². The first kappa shape index (κ1) is 14.6. The minimum atomic E-state index is -0.185. The first-order valence-electron chi connectivity index (χ1n) is 5.66. The summed E-state index contributed by atoms with van der Waals surface area (Å²) in [5.74, 6) is 0.305. The predicted octanol–water partition coefficient (Wildman–Crippen LogP) is 2.58. The fraction of sp³-hybridized carbons (Fsp3) is 0.917. The zero-order chi connectivity index (χ0) is 11.7. The van der Waals surface area contributed by atoms with E-state index >= 15 is 0 Å². The average molecular weight is 216 g/mol. The Morgan fingerprint density at radius 3 is 2.47 bits per heavy atom. The number of ether oxygens (including phenoxy) is 2. The van der Waals surface area contributed by atoms with Gasteiger partial charge in [0.05, 0.1) is 5.60 Å². The molecule has 0 aromatic carbocycles. The van der Waals surface area contributed by atoms with Crippen LogP contribution in [0, 0.1) is 0 Å². The van der Waals surface area contributed by atoms with Crippen LogP contribution in [0.1, 0.15) is 46.5 Å². The first-order valence-corrected chi connectivity index (χ1v) is 5.66. The summed E-state index contributed by atoms with van der Waals surface area (Å²) in [6.07, 6.45) is 2.85. The van der Waals surface area contributed by atoms with Crippen LogP contribution in [0.25, 0.3) is 0 Å². The van der Waals surface area contributed by atoms with Gasteiger partial charge in [-0.3, -0.25) is 4.79 Å². The van der Waals surface area contributed by atoms with E-state index in [0.29, 0.717) is 25.2 Å². The third-order valence-electron chi connectivity index (χ3n) is 2.51. The van der Waals surface area contributed by atoms with Crippen molar-refractivity contribution in [3.8, 4) is 0 Å². The molecule has 0 aromatic rings. The summed E-state index contributed by atoms with van der Waals surface area (Å²) in [6.45, 7) is 7.38. The molecule has 0 saturated heterocycles. The maximum Gasteiger partial charge on any atom is 0.133 e. The lowest BCUT2D eigenvalue weighted by Crippen LogP contribution is -2.23. The zero-order valence-corrected chi connectivity index (χ0v) is 10.5. The normalized spacial score (nSPS) is 11.7. The van der Waals surface area contributed by atoms with Gasteiger partial charge in [-0.2, -0.15) is 0 Å².